The Kier molecular flexibility index (Phi) is 4.11. The maximum atomic E-state index is 13.4. The van der Waals surface area contributed by atoms with E-state index >= 15 is 0 Å². The maximum Gasteiger partial charge on any atom is 0.340 e. The number of nitrogens with zero attached hydrogens (tertiary/aromatic N) is 1. The number of methoxy groups -OCH3 is 1. The molecule has 6 heteroatoms. The minimum Gasteiger partial charge on any atom is -0.465 e. The summed E-state index contributed by atoms with van der Waals surface area (Å²) in [6.07, 6.45) is 0. The minimum absolute atomic E-state index is 0.0807. The van der Waals surface area contributed by atoms with Crippen molar-refractivity contribution in [3.63, 3.8) is 0 Å². The molecule has 0 spiro atoms. The van der Waals surface area contributed by atoms with E-state index in [-0.39, 0.29) is 5.56 Å². The quantitative estimate of drug-likeness (QED) is 0.875. The Bertz CT molecular complexity index is 598. The molecule has 0 aliphatic heterocycles. The molecule has 1 heterocycles. The molecule has 0 aliphatic carbocycles. The van der Waals surface area contributed by atoms with Crippen LogP contribution in [0.3, 0.4) is 0 Å². The molecule has 0 saturated carbocycles. The largest absolute Gasteiger partial charge is 0.465 e. The van der Waals surface area contributed by atoms with Crippen molar-refractivity contribution in [3.05, 3.63) is 45.7 Å². The highest BCUT2D eigenvalue weighted by Crippen LogP contribution is 2.17. The summed E-state index contributed by atoms with van der Waals surface area (Å²) in [4.78, 5) is 15.7. The van der Waals surface area contributed by atoms with Gasteiger partial charge in [0.1, 0.15) is 10.8 Å². The highest BCUT2D eigenvalue weighted by Gasteiger charge is 2.12. The molecule has 100 valence electrons. The van der Waals surface area contributed by atoms with Crippen molar-refractivity contribution >= 4 is 23.0 Å². The van der Waals surface area contributed by atoms with Gasteiger partial charge in [0.25, 0.3) is 0 Å². The first-order valence-electron chi connectivity index (χ1n) is 5.63. The first-order chi connectivity index (χ1) is 9.10. The summed E-state index contributed by atoms with van der Waals surface area (Å²) in [6.45, 7) is 2.46. The number of hydrogen-bond donors (Lipinski definition) is 1. The standard InChI is InChI=1S/C13H13FN2O2S/c1-8-7-19-12(16-8)6-15-9-3-4-11(14)10(5-9)13(17)18-2/h3-5,7,15H,6H2,1-2H3. The second-order valence-corrected chi connectivity index (χ2v) is 4.87. The summed E-state index contributed by atoms with van der Waals surface area (Å²) in [5.41, 5.74) is 1.54. The van der Waals surface area contributed by atoms with Gasteiger partial charge >= 0.3 is 5.97 Å². The van der Waals surface area contributed by atoms with Gasteiger partial charge in [-0.2, -0.15) is 0 Å². The van der Waals surface area contributed by atoms with Crippen LogP contribution in [0.15, 0.2) is 23.6 Å². The molecule has 1 aromatic heterocycles. The lowest BCUT2D eigenvalue weighted by Crippen LogP contribution is -2.06. The number of hydrogen-bond acceptors (Lipinski definition) is 5. The zero-order valence-electron chi connectivity index (χ0n) is 10.6. The van der Waals surface area contributed by atoms with Crippen molar-refractivity contribution in [2.45, 2.75) is 13.5 Å². The second kappa shape index (κ2) is 5.79. The van der Waals surface area contributed by atoms with E-state index in [0.717, 1.165) is 10.7 Å². The van der Waals surface area contributed by atoms with Gasteiger partial charge in [0.2, 0.25) is 0 Å². The Hall–Kier alpha value is -1.95. The van der Waals surface area contributed by atoms with Gasteiger partial charge in [-0.15, -0.1) is 11.3 Å². The highest BCUT2D eigenvalue weighted by atomic mass is 32.1. The van der Waals surface area contributed by atoms with Crippen molar-refractivity contribution in [3.8, 4) is 0 Å². The summed E-state index contributed by atoms with van der Waals surface area (Å²) in [6, 6.07) is 4.24. The van der Waals surface area contributed by atoms with Crippen LogP contribution >= 0.6 is 11.3 Å². The van der Waals surface area contributed by atoms with Crippen LogP contribution in [-0.4, -0.2) is 18.1 Å². The smallest absolute Gasteiger partial charge is 0.340 e. The Morgan fingerprint density at radius 3 is 2.95 bits per heavy atom. The number of anilines is 1. The Morgan fingerprint density at radius 2 is 2.32 bits per heavy atom. The summed E-state index contributed by atoms with van der Waals surface area (Å²) < 4.78 is 18.0. The van der Waals surface area contributed by atoms with Crippen LogP contribution in [0, 0.1) is 12.7 Å². The number of halogens is 1. The van der Waals surface area contributed by atoms with E-state index in [4.69, 9.17) is 0 Å². The van der Waals surface area contributed by atoms with Gasteiger partial charge in [-0.3, -0.25) is 0 Å². The maximum absolute atomic E-state index is 13.4. The lowest BCUT2D eigenvalue weighted by Gasteiger charge is -2.07. The SMILES string of the molecule is COC(=O)c1cc(NCc2nc(C)cs2)ccc1F. The summed E-state index contributed by atoms with van der Waals surface area (Å²) in [5, 5.41) is 5.99. The number of carbonyl (C=O) groups is 1. The zero-order chi connectivity index (χ0) is 13.8. The molecule has 2 rings (SSSR count). The molecule has 19 heavy (non-hydrogen) atoms. The van der Waals surface area contributed by atoms with Gasteiger partial charge in [0.15, 0.2) is 0 Å². The van der Waals surface area contributed by atoms with E-state index in [0.29, 0.717) is 12.2 Å². The third-order valence-corrected chi connectivity index (χ3v) is 3.45. The van der Waals surface area contributed by atoms with Crippen LogP contribution in [0.1, 0.15) is 21.1 Å². The zero-order valence-corrected chi connectivity index (χ0v) is 11.4. The van der Waals surface area contributed by atoms with E-state index in [2.05, 4.69) is 15.0 Å². The highest BCUT2D eigenvalue weighted by molar-refractivity contribution is 7.09. The van der Waals surface area contributed by atoms with Crippen LogP contribution in [0.2, 0.25) is 0 Å². The molecule has 0 bridgehead atoms. The number of thiazole rings is 1. The molecule has 0 fully saturated rings. The molecule has 1 aromatic carbocycles. The number of carbonyl (C=O) groups excluding carboxylic acids is 1. The average molecular weight is 280 g/mol. The molecule has 2 aromatic rings. The minimum atomic E-state index is -0.689. The molecular formula is C13H13FN2O2S. The fourth-order valence-electron chi connectivity index (χ4n) is 1.56. The molecule has 1 N–H and O–H groups in total. The molecular weight excluding hydrogens is 267 g/mol. The van der Waals surface area contributed by atoms with E-state index in [9.17, 15) is 9.18 Å². The van der Waals surface area contributed by atoms with Gasteiger partial charge in [-0.1, -0.05) is 0 Å². The molecule has 0 aliphatic rings. The predicted molar refractivity (Wildman–Crippen MR) is 71.9 cm³/mol. The first-order valence-corrected chi connectivity index (χ1v) is 6.51. The Labute approximate surface area is 114 Å². The van der Waals surface area contributed by atoms with Crippen LogP contribution in [0.5, 0.6) is 0 Å². The van der Waals surface area contributed by atoms with Crippen LogP contribution in [0.4, 0.5) is 10.1 Å². The van der Waals surface area contributed by atoms with Crippen molar-refractivity contribution in [1.82, 2.24) is 4.98 Å². The third-order valence-electron chi connectivity index (χ3n) is 2.48. The van der Waals surface area contributed by atoms with E-state index in [1.165, 1.54) is 19.2 Å². The Morgan fingerprint density at radius 1 is 1.53 bits per heavy atom. The Balaban J connectivity index is 2.10. The van der Waals surface area contributed by atoms with Gasteiger partial charge < -0.3 is 10.1 Å². The summed E-state index contributed by atoms with van der Waals surface area (Å²) >= 11 is 1.55. The van der Waals surface area contributed by atoms with Gasteiger partial charge in [0.05, 0.1) is 19.2 Å². The molecule has 0 amide bonds. The predicted octanol–water partition coefficient (Wildman–Crippen LogP) is 2.99. The van der Waals surface area contributed by atoms with Crippen molar-refractivity contribution in [2.24, 2.45) is 0 Å². The molecule has 4 nitrogen and oxygen atoms in total. The normalized spacial score (nSPS) is 10.3. The van der Waals surface area contributed by atoms with E-state index in [1.54, 1.807) is 17.4 Å². The van der Waals surface area contributed by atoms with Crippen molar-refractivity contribution < 1.29 is 13.9 Å². The molecule has 0 radical (unpaired) electrons. The second-order valence-electron chi connectivity index (χ2n) is 3.92. The number of aromatic nitrogens is 1. The number of aryl methyl sites for hydroxylation is 1. The lowest BCUT2D eigenvalue weighted by atomic mass is 10.2. The third kappa shape index (κ3) is 3.29. The first kappa shape index (κ1) is 13.5. The van der Waals surface area contributed by atoms with Gasteiger partial charge in [0, 0.05) is 16.8 Å². The lowest BCUT2D eigenvalue weighted by molar-refractivity contribution is 0.0595. The number of nitrogens with one attached hydrogen (secondary N) is 1. The number of ether oxygens (including phenoxy) is 1. The summed E-state index contributed by atoms with van der Waals surface area (Å²) in [7, 11) is 1.22. The van der Waals surface area contributed by atoms with Gasteiger partial charge in [-0.05, 0) is 25.1 Å². The number of esters is 1. The van der Waals surface area contributed by atoms with Gasteiger partial charge in [-0.25, -0.2) is 14.2 Å². The van der Waals surface area contributed by atoms with Crippen molar-refractivity contribution in [2.75, 3.05) is 12.4 Å². The molecule has 0 atom stereocenters. The summed E-state index contributed by atoms with van der Waals surface area (Å²) in [5.74, 6) is -1.28. The topological polar surface area (TPSA) is 51.2 Å². The monoisotopic (exact) mass is 280 g/mol. The molecule has 0 saturated heterocycles. The van der Waals surface area contributed by atoms with Crippen LogP contribution in [0.25, 0.3) is 0 Å². The van der Waals surface area contributed by atoms with E-state index < -0.39 is 11.8 Å². The van der Waals surface area contributed by atoms with E-state index in [1.807, 2.05) is 12.3 Å². The molecule has 0 unspecified atom stereocenters. The van der Waals surface area contributed by atoms with Crippen molar-refractivity contribution in [1.29, 1.82) is 0 Å². The fraction of sp³-hybridized carbons (Fsp3) is 0.231. The number of benzene rings is 1. The van der Waals surface area contributed by atoms with Crippen LogP contribution in [-0.2, 0) is 11.3 Å². The average Bonchev–Trinajstić information content (AvgIpc) is 2.83. The fourth-order valence-corrected chi connectivity index (χ4v) is 2.27. The van der Waals surface area contributed by atoms with Crippen LogP contribution < -0.4 is 5.32 Å². The number of rotatable bonds is 4.